The molecular formula is C18H29N3. The molecule has 0 saturated heterocycles. The molecule has 21 heavy (non-hydrogen) atoms. The summed E-state index contributed by atoms with van der Waals surface area (Å²) in [4.78, 5) is 4.56. The minimum absolute atomic E-state index is 0.210. The summed E-state index contributed by atoms with van der Waals surface area (Å²) in [6.45, 7) is 16.5. The first kappa shape index (κ1) is 16.0. The van der Waals surface area contributed by atoms with Crippen molar-refractivity contribution in [2.45, 2.75) is 48.1 Å². The van der Waals surface area contributed by atoms with Gasteiger partial charge in [-0.2, -0.15) is 0 Å². The molecule has 1 aromatic heterocycles. The van der Waals surface area contributed by atoms with Crippen LogP contribution in [-0.4, -0.2) is 22.6 Å². The van der Waals surface area contributed by atoms with E-state index in [1.165, 1.54) is 16.6 Å². The lowest BCUT2D eigenvalue weighted by Gasteiger charge is -2.26. The first-order valence-electron chi connectivity index (χ1n) is 7.91. The van der Waals surface area contributed by atoms with Crippen LogP contribution in [0.25, 0.3) is 11.0 Å². The fraction of sp³-hybridized carbons (Fsp3) is 0.611. The molecule has 3 nitrogen and oxygen atoms in total. The molecule has 0 aliphatic heterocycles. The zero-order chi connectivity index (χ0) is 15.6. The Bertz CT molecular complexity index is 608. The maximum atomic E-state index is 4.56. The highest BCUT2D eigenvalue weighted by Gasteiger charge is 2.19. The lowest BCUT2D eigenvalue weighted by Crippen LogP contribution is -2.34. The quantitative estimate of drug-likeness (QED) is 0.872. The number of nitrogens with zero attached hydrogens (tertiary/aromatic N) is 2. The Morgan fingerprint density at radius 1 is 1.19 bits per heavy atom. The van der Waals surface area contributed by atoms with Gasteiger partial charge in [-0.15, -0.1) is 0 Å². The summed E-state index contributed by atoms with van der Waals surface area (Å²) in [7, 11) is 0. The largest absolute Gasteiger partial charge is 0.330 e. The fourth-order valence-electron chi connectivity index (χ4n) is 2.66. The molecule has 1 aromatic carbocycles. The molecular weight excluding hydrogens is 258 g/mol. The average molecular weight is 287 g/mol. The van der Waals surface area contributed by atoms with Crippen molar-refractivity contribution in [2.24, 2.45) is 11.3 Å². The first-order chi connectivity index (χ1) is 9.78. The van der Waals surface area contributed by atoms with E-state index in [1.54, 1.807) is 0 Å². The zero-order valence-corrected chi connectivity index (χ0v) is 14.3. The zero-order valence-electron chi connectivity index (χ0n) is 14.3. The normalized spacial score (nSPS) is 12.5. The van der Waals surface area contributed by atoms with E-state index in [0.717, 1.165) is 25.2 Å². The number of aryl methyl sites for hydroxylation is 2. The molecule has 1 N–H and O–H groups in total. The molecule has 0 fully saturated rings. The molecule has 3 heteroatoms. The van der Waals surface area contributed by atoms with Crippen LogP contribution in [0.3, 0.4) is 0 Å². The average Bonchev–Trinajstić information content (AvgIpc) is 2.71. The van der Waals surface area contributed by atoms with Crippen LogP contribution in [0.15, 0.2) is 18.5 Å². The second-order valence-corrected chi connectivity index (χ2v) is 7.49. The van der Waals surface area contributed by atoms with E-state index in [4.69, 9.17) is 0 Å². The Balaban J connectivity index is 2.13. The lowest BCUT2D eigenvalue weighted by molar-refractivity contribution is 0.288. The van der Waals surface area contributed by atoms with E-state index in [0.29, 0.717) is 5.92 Å². The van der Waals surface area contributed by atoms with Gasteiger partial charge < -0.3 is 9.88 Å². The highest BCUT2D eigenvalue weighted by Crippen LogP contribution is 2.23. The van der Waals surface area contributed by atoms with E-state index < -0.39 is 0 Å². The van der Waals surface area contributed by atoms with Gasteiger partial charge in [-0.1, -0.05) is 27.7 Å². The number of hydrogen-bond acceptors (Lipinski definition) is 2. The first-order valence-corrected chi connectivity index (χ1v) is 7.91. The van der Waals surface area contributed by atoms with Gasteiger partial charge in [0.15, 0.2) is 0 Å². The number of aromatic nitrogens is 2. The standard InChI is InChI=1S/C18H29N3/c1-13(2)9-19-10-18(5,6)11-21-12-20-16-7-14(3)15(4)8-17(16)21/h7-8,12-13,19H,9-11H2,1-6H3. The Morgan fingerprint density at radius 2 is 1.86 bits per heavy atom. The van der Waals surface area contributed by atoms with E-state index in [9.17, 15) is 0 Å². The summed E-state index contributed by atoms with van der Waals surface area (Å²) in [6, 6.07) is 4.44. The topological polar surface area (TPSA) is 29.9 Å². The maximum absolute atomic E-state index is 4.56. The van der Waals surface area contributed by atoms with Crippen molar-refractivity contribution in [3.8, 4) is 0 Å². The third-order valence-electron chi connectivity index (χ3n) is 3.99. The summed E-state index contributed by atoms with van der Waals surface area (Å²) in [5, 5.41) is 3.57. The molecule has 1 heterocycles. The van der Waals surface area contributed by atoms with Crippen LogP contribution >= 0.6 is 0 Å². The summed E-state index contributed by atoms with van der Waals surface area (Å²) >= 11 is 0. The highest BCUT2D eigenvalue weighted by atomic mass is 15.1. The molecule has 116 valence electrons. The fourth-order valence-corrected chi connectivity index (χ4v) is 2.66. The van der Waals surface area contributed by atoms with Gasteiger partial charge in [0.1, 0.15) is 0 Å². The van der Waals surface area contributed by atoms with Gasteiger partial charge >= 0.3 is 0 Å². The number of nitrogens with one attached hydrogen (secondary N) is 1. The van der Waals surface area contributed by atoms with Gasteiger partial charge in [0.25, 0.3) is 0 Å². The molecule has 2 aromatic rings. The van der Waals surface area contributed by atoms with E-state index in [1.807, 2.05) is 6.33 Å². The molecule has 2 rings (SSSR count). The van der Waals surface area contributed by atoms with Gasteiger partial charge in [0.2, 0.25) is 0 Å². The van der Waals surface area contributed by atoms with Gasteiger partial charge in [-0.05, 0) is 55.0 Å². The van der Waals surface area contributed by atoms with Crippen LogP contribution < -0.4 is 5.32 Å². The van der Waals surface area contributed by atoms with E-state index in [2.05, 4.69) is 68.5 Å². The summed E-state index contributed by atoms with van der Waals surface area (Å²) < 4.78 is 2.29. The Morgan fingerprint density at radius 3 is 2.52 bits per heavy atom. The van der Waals surface area contributed by atoms with Gasteiger partial charge in [0, 0.05) is 13.1 Å². The molecule has 0 amide bonds. The molecule has 0 unspecified atom stereocenters. The Labute approximate surface area is 128 Å². The van der Waals surface area contributed by atoms with Crippen molar-refractivity contribution >= 4 is 11.0 Å². The van der Waals surface area contributed by atoms with Gasteiger partial charge in [0.05, 0.1) is 17.4 Å². The summed E-state index contributed by atoms with van der Waals surface area (Å²) in [6.07, 6.45) is 1.98. The molecule has 0 aliphatic rings. The SMILES string of the molecule is Cc1cc2ncn(CC(C)(C)CNCC(C)C)c2cc1C. The summed E-state index contributed by atoms with van der Waals surface area (Å²) in [5.41, 5.74) is 5.20. The van der Waals surface area contributed by atoms with Crippen molar-refractivity contribution in [2.75, 3.05) is 13.1 Å². The van der Waals surface area contributed by atoms with Crippen molar-refractivity contribution in [1.82, 2.24) is 14.9 Å². The van der Waals surface area contributed by atoms with Crippen LogP contribution in [0, 0.1) is 25.2 Å². The second kappa shape index (κ2) is 6.18. The van der Waals surface area contributed by atoms with E-state index in [-0.39, 0.29) is 5.41 Å². The number of benzene rings is 1. The molecule has 0 atom stereocenters. The highest BCUT2D eigenvalue weighted by molar-refractivity contribution is 5.77. The van der Waals surface area contributed by atoms with Gasteiger partial charge in [-0.3, -0.25) is 0 Å². The Hall–Kier alpha value is -1.35. The third-order valence-corrected chi connectivity index (χ3v) is 3.99. The smallest absolute Gasteiger partial charge is 0.0958 e. The number of imidazole rings is 1. The molecule has 0 aliphatic carbocycles. The van der Waals surface area contributed by atoms with E-state index >= 15 is 0 Å². The Kier molecular flexibility index (Phi) is 4.72. The van der Waals surface area contributed by atoms with Crippen molar-refractivity contribution in [3.63, 3.8) is 0 Å². The number of fused-ring (bicyclic) bond motifs is 1. The third kappa shape index (κ3) is 4.07. The predicted molar refractivity (Wildman–Crippen MR) is 90.7 cm³/mol. The van der Waals surface area contributed by atoms with Crippen LogP contribution in [0.5, 0.6) is 0 Å². The monoisotopic (exact) mass is 287 g/mol. The molecule has 0 saturated carbocycles. The maximum Gasteiger partial charge on any atom is 0.0958 e. The predicted octanol–water partition coefficient (Wildman–Crippen LogP) is 3.92. The van der Waals surface area contributed by atoms with Crippen molar-refractivity contribution in [3.05, 3.63) is 29.6 Å². The molecule has 0 radical (unpaired) electrons. The molecule has 0 bridgehead atoms. The minimum Gasteiger partial charge on any atom is -0.330 e. The second-order valence-electron chi connectivity index (χ2n) is 7.49. The van der Waals surface area contributed by atoms with Crippen LogP contribution in [-0.2, 0) is 6.54 Å². The number of rotatable bonds is 6. The van der Waals surface area contributed by atoms with Crippen LogP contribution in [0.4, 0.5) is 0 Å². The minimum atomic E-state index is 0.210. The number of hydrogen-bond donors (Lipinski definition) is 1. The van der Waals surface area contributed by atoms with Crippen LogP contribution in [0.2, 0.25) is 0 Å². The summed E-state index contributed by atoms with van der Waals surface area (Å²) in [5.74, 6) is 0.695. The van der Waals surface area contributed by atoms with Crippen molar-refractivity contribution in [1.29, 1.82) is 0 Å². The van der Waals surface area contributed by atoms with Crippen LogP contribution in [0.1, 0.15) is 38.8 Å². The lowest BCUT2D eigenvalue weighted by atomic mass is 9.93. The molecule has 0 spiro atoms. The van der Waals surface area contributed by atoms with Gasteiger partial charge in [-0.25, -0.2) is 4.98 Å². The van der Waals surface area contributed by atoms with Crippen molar-refractivity contribution < 1.29 is 0 Å².